The second-order valence-corrected chi connectivity index (χ2v) is 8.56. The zero-order valence-corrected chi connectivity index (χ0v) is 18.4. The molecule has 3 aromatic rings. The first-order valence-corrected chi connectivity index (χ1v) is 11.0. The molecule has 31 heavy (non-hydrogen) atoms. The summed E-state index contributed by atoms with van der Waals surface area (Å²) in [4.78, 5) is 27.2. The van der Waals surface area contributed by atoms with Crippen molar-refractivity contribution in [1.82, 2.24) is 4.90 Å². The maximum atomic E-state index is 12.8. The third kappa shape index (κ3) is 5.37. The van der Waals surface area contributed by atoms with Gasteiger partial charge in [0.1, 0.15) is 0 Å². The maximum absolute atomic E-state index is 12.8. The van der Waals surface area contributed by atoms with Crippen LogP contribution in [0.2, 0.25) is 10.0 Å². The summed E-state index contributed by atoms with van der Waals surface area (Å²) in [7, 11) is 0. The van der Waals surface area contributed by atoms with E-state index in [4.69, 9.17) is 23.2 Å². The van der Waals surface area contributed by atoms with Crippen LogP contribution < -0.4 is 10.6 Å². The molecule has 0 aliphatic carbocycles. The Labute approximate surface area is 191 Å². The fraction of sp³-hybridized carbons (Fsp3) is 0.250. The van der Waals surface area contributed by atoms with E-state index in [0.717, 1.165) is 29.3 Å². The van der Waals surface area contributed by atoms with Gasteiger partial charge in [-0.25, -0.2) is 0 Å². The number of carbonyl (C=O) groups excluding carboxylic acids is 2. The first-order chi connectivity index (χ1) is 15.0. The number of hydrogen-bond donors (Lipinski definition) is 2. The number of nitrogens with zero attached hydrogens (tertiary/aromatic N) is 1. The van der Waals surface area contributed by atoms with Crippen molar-refractivity contribution in [2.45, 2.75) is 12.8 Å². The predicted molar refractivity (Wildman–Crippen MR) is 127 cm³/mol. The monoisotopic (exact) mass is 455 g/mol. The average Bonchev–Trinajstić information content (AvgIpc) is 2.77. The lowest BCUT2D eigenvalue weighted by atomic mass is 9.95. The Morgan fingerprint density at radius 2 is 1.65 bits per heavy atom. The highest BCUT2D eigenvalue weighted by atomic mass is 35.5. The van der Waals surface area contributed by atoms with E-state index >= 15 is 0 Å². The molecule has 1 saturated heterocycles. The summed E-state index contributed by atoms with van der Waals surface area (Å²) in [5, 5.41) is 8.92. The molecule has 3 aromatic carbocycles. The summed E-state index contributed by atoms with van der Waals surface area (Å²) in [6.07, 6.45) is 1.44. The van der Waals surface area contributed by atoms with Crippen LogP contribution in [0.4, 0.5) is 11.4 Å². The van der Waals surface area contributed by atoms with E-state index in [1.807, 2.05) is 42.5 Å². The van der Waals surface area contributed by atoms with E-state index in [1.165, 1.54) is 0 Å². The molecular weight excluding hydrogens is 433 g/mol. The van der Waals surface area contributed by atoms with E-state index < -0.39 is 0 Å². The number of rotatable bonds is 5. The number of carbonyl (C=O) groups is 2. The van der Waals surface area contributed by atoms with Crippen molar-refractivity contribution in [2.75, 3.05) is 30.3 Å². The van der Waals surface area contributed by atoms with Crippen LogP contribution >= 0.6 is 23.2 Å². The van der Waals surface area contributed by atoms with E-state index in [2.05, 4.69) is 15.5 Å². The van der Waals surface area contributed by atoms with Crippen molar-refractivity contribution in [3.05, 3.63) is 70.7 Å². The molecule has 2 N–H and O–H groups in total. The third-order valence-electron chi connectivity index (χ3n) is 5.58. The topological polar surface area (TPSA) is 61.4 Å². The number of halogens is 2. The number of amides is 2. The van der Waals surface area contributed by atoms with Crippen LogP contribution in [0, 0.1) is 5.92 Å². The standard InChI is InChI=1S/C24H23Cl2N3O2/c25-20-9-8-18(14-21(20)26)27-23(30)15-29-12-10-17(11-13-29)24(31)28-22-7-3-5-16-4-1-2-6-19(16)22/h1-9,14,17H,10-13,15H2,(H,27,30)(H,28,31). The second-order valence-electron chi connectivity index (χ2n) is 7.74. The van der Waals surface area contributed by atoms with Gasteiger partial charge in [-0.3, -0.25) is 14.5 Å². The van der Waals surface area contributed by atoms with Crippen LogP contribution in [-0.2, 0) is 9.59 Å². The lowest BCUT2D eigenvalue weighted by Crippen LogP contribution is -2.41. The van der Waals surface area contributed by atoms with Gasteiger partial charge in [-0.2, -0.15) is 0 Å². The molecule has 1 aliphatic heterocycles. The zero-order valence-electron chi connectivity index (χ0n) is 16.9. The predicted octanol–water partition coefficient (Wildman–Crippen LogP) is 5.44. The number of anilines is 2. The van der Waals surface area contributed by atoms with Gasteiger partial charge in [-0.05, 0) is 55.6 Å². The van der Waals surface area contributed by atoms with E-state index in [0.29, 0.717) is 28.8 Å². The molecule has 1 aliphatic rings. The molecule has 0 atom stereocenters. The maximum Gasteiger partial charge on any atom is 0.238 e. The molecular formula is C24H23Cl2N3O2. The van der Waals surface area contributed by atoms with Crippen LogP contribution in [0.3, 0.4) is 0 Å². The van der Waals surface area contributed by atoms with Gasteiger partial charge in [-0.1, -0.05) is 59.6 Å². The molecule has 7 heteroatoms. The van der Waals surface area contributed by atoms with Gasteiger partial charge < -0.3 is 10.6 Å². The SMILES string of the molecule is O=C(CN1CCC(C(=O)Nc2cccc3ccccc23)CC1)Nc1ccc(Cl)c(Cl)c1. The third-order valence-corrected chi connectivity index (χ3v) is 6.32. The van der Waals surface area contributed by atoms with Crippen LogP contribution in [0.15, 0.2) is 60.7 Å². The summed E-state index contributed by atoms with van der Waals surface area (Å²) in [6.45, 7) is 1.67. The van der Waals surface area contributed by atoms with E-state index in [9.17, 15) is 9.59 Å². The van der Waals surface area contributed by atoms with Crippen LogP contribution in [0.1, 0.15) is 12.8 Å². The molecule has 1 heterocycles. The number of piperidine rings is 1. The fourth-order valence-electron chi connectivity index (χ4n) is 3.90. The molecule has 4 rings (SSSR count). The highest BCUT2D eigenvalue weighted by molar-refractivity contribution is 6.42. The van der Waals surface area contributed by atoms with Crippen molar-refractivity contribution in [3.63, 3.8) is 0 Å². The average molecular weight is 456 g/mol. The molecule has 5 nitrogen and oxygen atoms in total. The van der Waals surface area contributed by atoms with Gasteiger partial charge in [0.25, 0.3) is 0 Å². The molecule has 160 valence electrons. The second kappa shape index (κ2) is 9.69. The van der Waals surface area contributed by atoms with Crippen LogP contribution in [0.25, 0.3) is 10.8 Å². The number of likely N-dealkylation sites (tertiary alicyclic amines) is 1. The highest BCUT2D eigenvalue weighted by Crippen LogP contribution is 2.26. The van der Waals surface area contributed by atoms with E-state index in [1.54, 1.807) is 18.2 Å². The Morgan fingerprint density at radius 3 is 2.42 bits per heavy atom. The van der Waals surface area contributed by atoms with Gasteiger partial charge in [-0.15, -0.1) is 0 Å². The Morgan fingerprint density at radius 1 is 0.903 bits per heavy atom. The summed E-state index contributed by atoms with van der Waals surface area (Å²) in [5.74, 6) is -0.137. The van der Waals surface area contributed by atoms with Gasteiger partial charge in [0.05, 0.1) is 16.6 Å². The summed E-state index contributed by atoms with van der Waals surface area (Å²) in [6, 6.07) is 18.9. The molecule has 0 unspecified atom stereocenters. The normalized spacial score (nSPS) is 15.0. The molecule has 0 aromatic heterocycles. The van der Waals surface area contributed by atoms with Gasteiger partial charge in [0.2, 0.25) is 11.8 Å². The van der Waals surface area contributed by atoms with Gasteiger partial charge in [0, 0.05) is 22.7 Å². The Bertz CT molecular complexity index is 1110. The van der Waals surface area contributed by atoms with Gasteiger partial charge >= 0.3 is 0 Å². The summed E-state index contributed by atoms with van der Waals surface area (Å²) >= 11 is 11.9. The highest BCUT2D eigenvalue weighted by Gasteiger charge is 2.26. The first kappa shape index (κ1) is 21.6. The molecule has 0 bridgehead atoms. The van der Waals surface area contributed by atoms with Gasteiger partial charge in [0.15, 0.2) is 0 Å². The first-order valence-electron chi connectivity index (χ1n) is 10.3. The van der Waals surface area contributed by atoms with Crippen LogP contribution in [-0.4, -0.2) is 36.3 Å². The lowest BCUT2D eigenvalue weighted by Gasteiger charge is -2.30. The minimum Gasteiger partial charge on any atom is -0.325 e. The minimum atomic E-state index is -0.114. The Hall–Kier alpha value is -2.60. The molecule has 0 radical (unpaired) electrons. The van der Waals surface area contributed by atoms with E-state index in [-0.39, 0.29) is 24.3 Å². The molecule has 2 amide bonds. The smallest absolute Gasteiger partial charge is 0.238 e. The van der Waals surface area contributed by atoms with Crippen molar-refractivity contribution in [2.24, 2.45) is 5.92 Å². The van der Waals surface area contributed by atoms with Crippen molar-refractivity contribution >= 4 is 57.2 Å². The quantitative estimate of drug-likeness (QED) is 0.538. The lowest BCUT2D eigenvalue weighted by molar-refractivity contribution is -0.121. The van der Waals surface area contributed by atoms with Crippen molar-refractivity contribution in [3.8, 4) is 0 Å². The number of hydrogen-bond acceptors (Lipinski definition) is 3. The van der Waals surface area contributed by atoms with Crippen LogP contribution in [0.5, 0.6) is 0 Å². The number of fused-ring (bicyclic) bond motifs is 1. The van der Waals surface area contributed by atoms with Crippen molar-refractivity contribution in [1.29, 1.82) is 0 Å². The van der Waals surface area contributed by atoms with Crippen molar-refractivity contribution < 1.29 is 9.59 Å². The number of benzene rings is 3. The fourth-order valence-corrected chi connectivity index (χ4v) is 4.20. The molecule has 0 saturated carbocycles. The molecule has 0 spiro atoms. The number of nitrogens with one attached hydrogen (secondary N) is 2. The summed E-state index contributed by atoms with van der Waals surface area (Å²) in [5.41, 5.74) is 1.45. The zero-order chi connectivity index (χ0) is 21.8. The summed E-state index contributed by atoms with van der Waals surface area (Å²) < 4.78 is 0. The Balaban J connectivity index is 1.28. The Kier molecular flexibility index (Phi) is 6.76. The largest absolute Gasteiger partial charge is 0.325 e. The molecule has 1 fully saturated rings. The minimum absolute atomic E-state index is 0.0382.